The Balaban J connectivity index is 3.04. The number of phenols is 3. The van der Waals surface area contributed by atoms with Gasteiger partial charge in [-0.3, -0.25) is 4.39 Å². The first-order valence-electron chi connectivity index (χ1n) is 4.13. The molecule has 0 unspecified atom stereocenters. The van der Waals surface area contributed by atoms with Crippen LogP contribution in [0.4, 0.5) is 4.39 Å². The van der Waals surface area contributed by atoms with Crippen LogP contribution in [-0.2, 0) is 0 Å². The molecule has 0 amide bonds. The third-order valence-corrected chi connectivity index (χ3v) is 1.98. The molecule has 0 heterocycles. The predicted molar refractivity (Wildman–Crippen MR) is 49.0 cm³/mol. The van der Waals surface area contributed by atoms with E-state index in [1.54, 1.807) is 0 Å². The molecule has 0 radical (unpaired) electrons. The summed E-state index contributed by atoms with van der Waals surface area (Å²) in [7, 11) is 0. The summed E-state index contributed by atoms with van der Waals surface area (Å²) in [5, 5.41) is 27.5. The van der Waals surface area contributed by atoms with Gasteiger partial charge in [-0.2, -0.15) is 0 Å². The molecular weight excluding hydrogens is 189 g/mol. The minimum atomic E-state index is -0.688. The molecule has 1 aromatic carbocycles. The van der Waals surface area contributed by atoms with Gasteiger partial charge < -0.3 is 21.1 Å². The molecule has 5 heteroatoms. The minimum absolute atomic E-state index is 0.0533. The topological polar surface area (TPSA) is 86.7 Å². The molecule has 0 spiro atoms. The Morgan fingerprint density at radius 3 is 2.43 bits per heavy atom. The summed E-state index contributed by atoms with van der Waals surface area (Å²) in [5.41, 5.74) is 5.75. The van der Waals surface area contributed by atoms with Gasteiger partial charge in [0.1, 0.15) is 0 Å². The first-order chi connectivity index (χ1) is 6.57. The van der Waals surface area contributed by atoms with Gasteiger partial charge in [0.15, 0.2) is 11.5 Å². The average molecular weight is 201 g/mol. The van der Waals surface area contributed by atoms with E-state index in [1.807, 2.05) is 0 Å². The maximum Gasteiger partial charge on any atom is 0.200 e. The summed E-state index contributed by atoms with van der Waals surface area (Å²) in [5.74, 6) is -1.55. The van der Waals surface area contributed by atoms with Crippen LogP contribution >= 0.6 is 0 Å². The minimum Gasteiger partial charge on any atom is -0.504 e. The van der Waals surface area contributed by atoms with Crippen molar-refractivity contribution in [1.82, 2.24) is 0 Å². The molecule has 1 atom stereocenters. The van der Waals surface area contributed by atoms with Gasteiger partial charge in [0.05, 0.1) is 6.67 Å². The molecule has 14 heavy (non-hydrogen) atoms. The lowest BCUT2D eigenvalue weighted by Gasteiger charge is -2.13. The van der Waals surface area contributed by atoms with E-state index in [2.05, 4.69) is 0 Å². The Bertz CT molecular complexity index is 330. The molecule has 0 aliphatic rings. The van der Waals surface area contributed by atoms with Crippen LogP contribution in [0.1, 0.15) is 18.0 Å². The first-order valence-corrected chi connectivity index (χ1v) is 4.13. The number of phenolic OH excluding ortho intramolecular Hbond substituents is 3. The monoisotopic (exact) mass is 201 g/mol. The van der Waals surface area contributed by atoms with Gasteiger partial charge in [-0.05, 0) is 18.6 Å². The zero-order valence-corrected chi connectivity index (χ0v) is 7.44. The van der Waals surface area contributed by atoms with Crippen molar-refractivity contribution in [3.05, 3.63) is 17.7 Å². The number of hydrogen-bond donors (Lipinski definition) is 4. The fraction of sp³-hybridized carbons (Fsp3) is 0.333. The number of aromatic hydroxyl groups is 3. The Kier molecular flexibility index (Phi) is 3.14. The highest BCUT2D eigenvalue weighted by molar-refractivity contribution is 5.53. The quantitative estimate of drug-likeness (QED) is 0.553. The smallest absolute Gasteiger partial charge is 0.200 e. The predicted octanol–water partition coefficient (Wildman–Crippen LogP) is 1.16. The molecule has 0 aromatic heterocycles. The summed E-state index contributed by atoms with van der Waals surface area (Å²) in [4.78, 5) is 0. The first kappa shape index (κ1) is 10.6. The van der Waals surface area contributed by atoms with E-state index in [-0.39, 0.29) is 12.0 Å². The zero-order valence-electron chi connectivity index (χ0n) is 7.44. The summed E-state index contributed by atoms with van der Waals surface area (Å²) in [6.45, 7) is -0.609. The Hall–Kier alpha value is -1.49. The van der Waals surface area contributed by atoms with Gasteiger partial charge in [0, 0.05) is 11.6 Å². The van der Waals surface area contributed by atoms with Crippen LogP contribution in [0.25, 0.3) is 0 Å². The largest absolute Gasteiger partial charge is 0.504 e. The maximum absolute atomic E-state index is 12.0. The van der Waals surface area contributed by atoms with E-state index in [0.29, 0.717) is 0 Å². The van der Waals surface area contributed by atoms with Crippen LogP contribution < -0.4 is 5.73 Å². The maximum atomic E-state index is 12.0. The molecule has 5 N–H and O–H groups in total. The Labute approximate surface area is 80.4 Å². The number of nitrogens with two attached hydrogens (primary N) is 1. The van der Waals surface area contributed by atoms with Crippen molar-refractivity contribution in [1.29, 1.82) is 0 Å². The third-order valence-electron chi connectivity index (χ3n) is 1.98. The fourth-order valence-electron chi connectivity index (χ4n) is 1.16. The van der Waals surface area contributed by atoms with Gasteiger partial charge in [0.25, 0.3) is 0 Å². The number of hydrogen-bond acceptors (Lipinski definition) is 4. The second kappa shape index (κ2) is 4.15. The van der Waals surface area contributed by atoms with E-state index in [9.17, 15) is 9.50 Å². The average Bonchev–Trinajstić information content (AvgIpc) is 2.15. The van der Waals surface area contributed by atoms with E-state index >= 15 is 0 Å². The van der Waals surface area contributed by atoms with Gasteiger partial charge in [-0.15, -0.1) is 0 Å². The molecule has 1 aromatic rings. The molecule has 1 rings (SSSR count). The van der Waals surface area contributed by atoms with Crippen molar-refractivity contribution in [3.8, 4) is 17.2 Å². The van der Waals surface area contributed by atoms with Crippen molar-refractivity contribution < 1.29 is 19.7 Å². The summed E-state index contributed by atoms with van der Waals surface area (Å²) in [6.07, 6.45) is 0.0533. The number of benzene rings is 1. The molecule has 0 saturated heterocycles. The lowest BCUT2D eigenvalue weighted by atomic mass is 10.0. The standard InChI is InChI=1S/C9H12FNO3/c10-4-3-6(11)5-1-2-7(12)9(14)8(5)13/h1-2,6,12-14H,3-4,11H2/t6-/m1/s1. The van der Waals surface area contributed by atoms with Crippen molar-refractivity contribution >= 4 is 0 Å². The van der Waals surface area contributed by atoms with Crippen LogP contribution in [0.5, 0.6) is 17.2 Å². The number of halogens is 1. The van der Waals surface area contributed by atoms with Crippen LogP contribution in [0.2, 0.25) is 0 Å². The van der Waals surface area contributed by atoms with Crippen LogP contribution in [0.15, 0.2) is 12.1 Å². The molecule has 0 aliphatic carbocycles. The van der Waals surface area contributed by atoms with E-state index in [0.717, 1.165) is 0 Å². The normalized spacial score (nSPS) is 12.7. The SMILES string of the molecule is N[C@H](CCF)c1ccc(O)c(O)c1O. The summed E-state index contributed by atoms with van der Waals surface area (Å²) < 4.78 is 12.0. The van der Waals surface area contributed by atoms with E-state index in [4.69, 9.17) is 15.9 Å². The van der Waals surface area contributed by atoms with E-state index in [1.165, 1.54) is 12.1 Å². The second-order valence-electron chi connectivity index (χ2n) is 2.96. The highest BCUT2D eigenvalue weighted by Crippen LogP contribution is 2.39. The molecular formula is C9H12FNO3. The number of alkyl halides is 1. The summed E-state index contributed by atoms with van der Waals surface area (Å²) >= 11 is 0. The highest BCUT2D eigenvalue weighted by atomic mass is 19.1. The molecule has 0 aliphatic heterocycles. The van der Waals surface area contributed by atoms with Crippen LogP contribution in [-0.4, -0.2) is 22.0 Å². The molecule has 0 bridgehead atoms. The van der Waals surface area contributed by atoms with Crippen molar-refractivity contribution in [2.24, 2.45) is 5.73 Å². The number of rotatable bonds is 3. The molecule has 4 nitrogen and oxygen atoms in total. The molecule has 78 valence electrons. The fourth-order valence-corrected chi connectivity index (χ4v) is 1.16. The highest BCUT2D eigenvalue weighted by Gasteiger charge is 2.16. The summed E-state index contributed by atoms with van der Waals surface area (Å²) in [6, 6.07) is 1.86. The van der Waals surface area contributed by atoms with E-state index < -0.39 is 30.0 Å². The van der Waals surface area contributed by atoms with Gasteiger partial charge in [-0.25, -0.2) is 0 Å². The van der Waals surface area contributed by atoms with Gasteiger partial charge in [-0.1, -0.05) is 0 Å². The van der Waals surface area contributed by atoms with Gasteiger partial charge >= 0.3 is 0 Å². The van der Waals surface area contributed by atoms with Crippen LogP contribution in [0, 0.1) is 0 Å². The lowest BCUT2D eigenvalue weighted by Crippen LogP contribution is -2.11. The van der Waals surface area contributed by atoms with Crippen molar-refractivity contribution in [2.45, 2.75) is 12.5 Å². The Morgan fingerprint density at radius 1 is 1.21 bits per heavy atom. The lowest BCUT2D eigenvalue weighted by molar-refractivity contribution is 0.360. The zero-order chi connectivity index (χ0) is 10.7. The Morgan fingerprint density at radius 2 is 1.86 bits per heavy atom. The second-order valence-corrected chi connectivity index (χ2v) is 2.96. The van der Waals surface area contributed by atoms with Gasteiger partial charge in [0.2, 0.25) is 5.75 Å². The molecule has 0 fully saturated rings. The third kappa shape index (κ3) is 1.88. The van der Waals surface area contributed by atoms with Crippen LogP contribution in [0.3, 0.4) is 0 Å². The van der Waals surface area contributed by atoms with Crippen molar-refractivity contribution in [3.63, 3.8) is 0 Å². The molecule has 0 saturated carbocycles. The van der Waals surface area contributed by atoms with Crippen molar-refractivity contribution in [2.75, 3.05) is 6.67 Å².